The topological polar surface area (TPSA) is 72.5 Å². The minimum absolute atomic E-state index is 0.228. The van der Waals surface area contributed by atoms with Crippen molar-refractivity contribution in [2.45, 2.75) is 25.0 Å². The monoisotopic (exact) mass is 225 g/mol. The summed E-state index contributed by atoms with van der Waals surface area (Å²) in [6, 6.07) is 3.33. The van der Waals surface area contributed by atoms with Gasteiger partial charge in [0.15, 0.2) is 0 Å². The number of benzene rings is 1. The summed E-state index contributed by atoms with van der Waals surface area (Å²) in [5, 5.41) is 8.66. The molecule has 2 atom stereocenters. The van der Waals surface area contributed by atoms with E-state index in [1.807, 2.05) is 0 Å². The SMILES string of the molecule is N[C@H](CC1Cc2cc(F)ccc2O1)C(=O)O. The molecule has 1 aliphatic heterocycles. The predicted molar refractivity (Wildman–Crippen MR) is 54.7 cm³/mol. The van der Waals surface area contributed by atoms with Crippen molar-refractivity contribution >= 4 is 5.97 Å². The molecule has 4 nitrogen and oxygen atoms in total. The average molecular weight is 225 g/mol. The van der Waals surface area contributed by atoms with Crippen molar-refractivity contribution in [3.05, 3.63) is 29.6 Å². The Balaban J connectivity index is 2.03. The van der Waals surface area contributed by atoms with E-state index in [0.717, 1.165) is 5.56 Å². The van der Waals surface area contributed by atoms with Gasteiger partial charge in [0.05, 0.1) is 0 Å². The number of rotatable bonds is 3. The summed E-state index contributed by atoms with van der Waals surface area (Å²) >= 11 is 0. The Morgan fingerprint density at radius 2 is 2.44 bits per heavy atom. The maximum absolute atomic E-state index is 12.9. The van der Waals surface area contributed by atoms with E-state index in [2.05, 4.69) is 0 Å². The standard InChI is InChI=1S/C11H12FNO3/c12-7-1-2-10-6(3-7)4-8(16-10)5-9(13)11(14)15/h1-3,8-9H,4-5,13H2,(H,14,15)/t8?,9-/m1/s1. The fourth-order valence-electron chi connectivity index (χ4n) is 1.80. The summed E-state index contributed by atoms with van der Waals surface area (Å²) in [4.78, 5) is 10.6. The highest BCUT2D eigenvalue weighted by molar-refractivity contribution is 5.73. The molecule has 1 aromatic carbocycles. The lowest BCUT2D eigenvalue weighted by atomic mass is 10.0. The molecule has 3 N–H and O–H groups in total. The molecule has 5 heteroatoms. The smallest absolute Gasteiger partial charge is 0.320 e. The van der Waals surface area contributed by atoms with Crippen LogP contribution in [-0.2, 0) is 11.2 Å². The fraction of sp³-hybridized carbons (Fsp3) is 0.364. The van der Waals surface area contributed by atoms with Crippen molar-refractivity contribution in [3.8, 4) is 5.75 Å². The minimum Gasteiger partial charge on any atom is -0.490 e. The first-order valence-corrected chi connectivity index (χ1v) is 4.99. The van der Waals surface area contributed by atoms with Gasteiger partial charge in [-0.15, -0.1) is 0 Å². The predicted octanol–water partition coefficient (Wildman–Crippen LogP) is 0.931. The number of hydrogen-bond donors (Lipinski definition) is 2. The first kappa shape index (κ1) is 10.9. The molecule has 0 amide bonds. The third-order valence-corrected chi connectivity index (χ3v) is 2.60. The van der Waals surface area contributed by atoms with Gasteiger partial charge in [0, 0.05) is 18.4 Å². The molecule has 0 aliphatic carbocycles. The summed E-state index contributed by atoms with van der Waals surface area (Å²) in [6.45, 7) is 0. The first-order valence-electron chi connectivity index (χ1n) is 4.99. The van der Waals surface area contributed by atoms with Crippen molar-refractivity contribution in [1.82, 2.24) is 0 Å². The second-order valence-corrected chi connectivity index (χ2v) is 3.88. The van der Waals surface area contributed by atoms with Crippen LogP contribution in [0.15, 0.2) is 18.2 Å². The maximum Gasteiger partial charge on any atom is 0.320 e. The van der Waals surface area contributed by atoms with Crippen LogP contribution in [0.3, 0.4) is 0 Å². The van der Waals surface area contributed by atoms with Crippen LogP contribution < -0.4 is 10.5 Å². The van der Waals surface area contributed by atoms with Gasteiger partial charge in [-0.25, -0.2) is 4.39 Å². The van der Waals surface area contributed by atoms with E-state index in [1.54, 1.807) is 6.07 Å². The molecule has 16 heavy (non-hydrogen) atoms. The summed E-state index contributed by atoms with van der Waals surface area (Å²) in [5.74, 6) is -0.750. The van der Waals surface area contributed by atoms with Crippen LogP contribution in [0.2, 0.25) is 0 Å². The van der Waals surface area contributed by atoms with E-state index >= 15 is 0 Å². The molecule has 0 spiro atoms. The van der Waals surface area contributed by atoms with Gasteiger partial charge in [0.25, 0.3) is 0 Å². The van der Waals surface area contributed by atoms with Crippen molar-refractivity contribution in [1.29, 1.82) is 0 Å². The molecule has 0 bridgehead atoms. The van der Waals surface area contributed by atoms with E-state index < -0.39 is 12.0 Å². The van der Waals surface area contributed by atoms with E-state index in [4.69, 9.17) is 15.6 Å². The number of carboxylic acid groups (broad SMARTS) is 1. The summed E-state index contributed by atoms with van der Waals surface area (Å²) in [7, 11) is 0. The second kappa shape index (κ2) is 4.09. The highest BCUT2D eigenvalue weighted by Crippen LogP contribution is 2.30. The number of aliphatic carboxylic acids is 1. The summed E-state index contributed by atoms with van der Waals surface area (Å²) in [5.41, 5.74) is 6.17. The molecule has 0 fully saturated rings. The van der Waals surface area contributed by atoms with Crippen molar-refractivity contribution in [2.24, 2.45) is 5.73 Å². The summed E-state index contributed by atoms with van der Waals surface area (Å²) < 4.78 is 18.4. The summed E-state index contributed by atoms with van der Waals surface area (Å²) in [6.07, 6.45) is 0.461. The minimum atomic E-state index is -1.05. The normalized spacial score (nSPS) is 20.0. The van der Waals surface area contributed by atoms with Gasteiger partial charge < -0.3 is 15.6 Å². The second-order valence-electron chi connectivity index (χ2n) is 3.88. The van der Waals surface area contributed by atoms with Crippen LogP contribution in [-0.4, -0.2) is 23.2 Å². The largest absolute Gasteiger partial charge is 0.490 e. The van der Waals surface area contributed by atoms with Gasteiger partial charge in [0.1, 0.15) is 23.7 Å². The number of carboxylic acids is 1. The van der Waals surface area contributed by atoms with Gasteiger partial charge in [0.2, 0.25) is 0 Å². The van der Waals surface area contributed by atoms with Gasteiger partial charge in [-0.05, 0) is 18.2 Å². The van der Waals surface area contributed by atoms with Crippen LogP contribution >= 0.6 is 0 Å². The third kappa shape index (κ3) is 2.14. The Morgan fingerprint density at radius 1 is 1.69 bits per heavy atom. The van der Waals surface area contributed by atoms with Gasteiger partial charge in [-0.3, -0.25) is 4.79 Å². The zero-order valence-electron chi connectivity index (χ0n) is 8.52. The van der Waals surface area contributed by atoms with E-state index in [9.17, 15) is 9.18 Å². The molecule has 0 saturated heterocycles. The van der Waals surface area contributed by atoms with Crippen LogP contribution in [0, 0.1) is 5.82 Å². The Labute approximate surface area is 91.8 Å². The quantitative estimate of drug-likeness (QED) is 0.802. The van der Waals surface area contributed by atoms with Gasteiger partial charge in [-0.2, -0.15) is 0 Å². The van der Waals surface area contributed by atoms with Crippen LogP contribution in [0.1, 0.15) is 12.0 Å². The van der Waals surface area contributed by atoms with E-state index in [-0.39, 0.29) is 18.3 Å². The first-order chi connectivity index (χ1) is 7.56. The third-order valence-electron chi connectivity index (χ3n) is 2.60. The molecule has 0 aromatic heterocycles. The van der Waals surface area contributed by atoms with Crippen molar-refractivity contribution < 1.29 is 19.0 Å². The number of hydrogen-bond acceptors (Lipinski definition) is 3. The molecular weight excluding hydrogens is 213 g/mol. The van der Waals surface area contributed by atoms with E-state index in [0.29, 0.717) is 12.2 Å². The number of carbonyl (C=O) groups is 1. The van der Waals surface area contributed by atoms with E-state index in [1.165, 1.54) is 12.1 Å². The molecular formula is C11H12FNO3. The molecule has 86 valence electrons. The lowest BCUT2D eigenvalue weighted by molar-refractivity contribution is -0.139. The Kier molecular flexibility index (Phi) is 2.78. The lowest BCUT2D eigenvalue weighted by Crippen LogP contribution is -2.35. The Morgan fingerprint density at radius 3 is 3.12 bits per heavy atom. The fourth-order valence-corrected chi connectivity index (χ4v) is 1.80. The number of ether oxygens (including phenoxy) is 1. The molecule has 0 saturated carbocycles. The molecule has 1 aliphatic rings. The van der Waals surface area contributed by atoms with Gasteiger partial charge in [-0.1, -0.05) is 0 Å². The highest BCUT2D eigenvalue weighted by Gasteiger charge is 2.27. The Hall–Kier alpha value is -1.62. The molecule has 1 unspecified atom stereocenters. The molecule has 1 aromatic rings. The van der Waals surface area contributed by atoms with Crippen molar-refractivity contribution in [2.75, 3.05) is 0 Å². The van der Waals surface area contributed by atoms with Crippen molar-refractivity contribution in [3.63, 3.8) is 0 Å². The number of halogens is 1. The number of nitrogens with two attached hydrogens (primary N) is 1. The Bertz CT molecular complexity index is 422. The van der Waals surface area contributed by atoms with Crippen LogP contribution in [0.4, 0.5) is 4.39 Å². The zero-order valence-corrected chi connectivity index (χ0v) is 8.52. The maximum atomic E-state index is 12.9. The van der Waals surface area contributed by atoms with Crippen LogP contribution in [0.5, 0.6) is 5.75 Å². The average Bonchev–Trinajstić information content (AvgIpc) is 2.58. The molecule has 0 radical (unpaired) electrons. The zero-order chi connectivity index (χ0) is 11.7. The molecule has 2 rings (SSSR count). The molecule has 1 heterocycles. The lowest BCUT2D eigenvalue weighted by Gasteiger charge is -2.12. The number of fused-ring (bicyclic) bond motifs is 1. The van der Waals surface area contributed by atoms with Crippen LogP contribution in [0.25, 0.3) is 0 Å². The highest BCUT2D eigenvalue weighted by atomic mass is 19.1. The van der Waals surface area contributed by atoms with Gasteiger partial charge >= 0.3 is 5.97 Å².